The molecule has 0 aliphatic carbocycles. The van der Waals surface area contributed by atoms with Crippen LogP contribution >= 0.6 is 0 Å². The number of hydrogen-bond acceptors (Lipinski definition) is 6. The van der Waals surface area contributed by atoms with E-state index in [1.165, 1.54) is 38.4 Å². The number of carbonyl (C=O) groups excluding carboxylic acids is 2. The average Bonchev–Trinajstić information content (AvgIpc) is 2.90. The van der Waals surface area contributed by atoms with Crippen LogP contribution in [0.15, 0.2) is 77.7 Å². The summed E-state index contributed by atoms with van der Waals surface area (Å²) in [5, 5.41) is 0. The van der Waals surface area contributed by atoms with Crippen molar-refractivity contribution in [3.8, 4) is 5.75 Å². The highest BCUT2D eigenvalue weighted by Crippen LogP contribution is 2.31. The number of sulfonamides is 1. The van der Waals surface area contributed by atoms with Crippen LogP contribution in [0.4, 0.5) is 11.4 Å². The Balaban J connectivity index is 1.42. The van der Waals surface area contributed by atoms with Gasteiger partial charge in [-0.15, -0.1) is 0 Å². The molecule has 0 fully saturated rings. The molecule has 0 N–H and O–H groups in total. The molecule has 8 nitrogen and oxygen atoms in total. The van der Waals surface area contributed by atoms with Crippen molar-refractivity contribution in [2.24, 2.45) is 0 Å². The molecule has 35 heavy (non-hydrogen) atoms. The number of para-hydroxylation sites is 3. The number of esters is 1. The minimum Gasteiger partial charge on any atom is -0.495 e. The van der Waals surface area contributed by atoms with Gasteiger partial charge in [0, 0.05) is 19.3 Å². The van der Waals surface area contributed by atoms with E-state index in [1.807, 2.05) is 24.3 Å². The quantitative estimate of drug-likeness (QED) is 0.466. The third-order valence-electron chi connectivity index (χ3n) is 5.91. The number of benzene rings is 3. The second kappa shape index (κ2) is 10.2. The summed E-state index contributed by atoms with van der Waals surface area (Å²) in [6.45, 7) is 0.170. The van der Waals surface area contributed by atoms with Gasteiger partial charge in [-0.25, -0.2) is 13.2 Å². The molecule has 182 valence electrons. The van der Waals surface area contributed by atoms with Crippen molar-refractivity contribution in [2.75, 3.05) is 36.5 Å². The second-order valence-electron chi connectivity index (χ2n) is 8.02. The predicted molar refractivity (Wildman–Crippen MR) is 132 cm³/mol. The zero-order valence-electron chi connectivity index (χ0n) is 19.5. The first-order valence-corrected chi connectivity index (χ1v) is 12.5. The number of hydrogen-bond donors (Lipinski definition) is 0. The van der Waals surface area contributed by atoms with Crippen molar-refractivity contribution >= 4 is 33.3 Å². The molecule has 3 aromatic carbocycles. The molecular weight excluding hydrogens is 468 g/mol. The molecule has 9 heteroatoms. The zero-order valence-corrected chi connectivity index (χ0v) is 20.3. The normalized spacial score (nSPS) is 13.0. The minimum atomic E-state index is -3.90. The van der Waals surface area contributed by atoms with E-state index in [9.17, 15) is 18.0 Å². The molecule has 3 aromatic rings. The molecule has 4 rings (SSSR count). The van der Waals surface area contributed by atoms with Crippen molar-refractivity contribution in [2.45, 2.75) is 17.7 Å². The van der Waals surface area contributed by atoms with Crippen molar-refractivity contribution in [1.29, 1.82) is 0 Å². The Hall–Kier alpha value is -3.85. The maximum atomic E-state index is 13.1. The fourth-order valence-corrected chi connectivity index (χ4v) is 5.23. The summed E-state index contributed by atoms with van der Waals surface area (Å²) in [7, 11) is -0.998. The summed E-state index contributed by atoms with van der Waals surface area (Å²) < 4.78 is 37.8. The number of aryl methyl sites for hydroxylation is 1. The van der Waals surface area contributed by atoms with Gasteiger partial charge < -0.3 is 14.4 Å². The first-order valence-electron chi connectivity index (χ1n) is 11.1. The molecule has 1 aliphatic rings. The molecule has 0 saturated heterocycles. The van der Waals surface area contributed by atoms with Crippen molar-refractivity contribution in [3.63, 3.8) is 0 Å². The average molecular weight is 495 g/mol. The summed E-state index contributed by atoms with van der Waals surface area (Å²) in [5.41, 5.74) is 2.47. The Labute approximate surface area is 204 Å². The Morgan fingerprint density at radius 1 is 0.971 bits per heavy atom. The Morgan fingerprint density at radius 3 is 2.40 bits per heavy atom. The molecule has 1 amide bonds. The summed E-state index contributed by atoms with van der Waals surface area (Å²) >= 11 is 0. The van der Waals surface area contributed by atoms with Crippen LogP contribution in [0.2, 0.25) is 0 Å². The maximum Gasteiger partial charge on any atom is 0.338 e. The molecule has 0 atom stereocenters. The van der Waals surface area contributed by atoms with Crippen molar-refractivity contribution in [3.05, 3.63) is 83.9 Å². The second-order valence-corrected chi connectivity index (χ2v) is 9.99. The Bertz CT molecular complexity index is 1340. The number of nitrogens with zero attached hydrogens (tertiary/aromatic N) is 2. The maximum absolute atomic E-state index is 13.1. The molecule has 0 unspecified atom stereocenters. The standard InChI is InChI=1S/C26H26N2O6S/c1-27(23-11-5-6-12-24(23)33-2)35(31,32)21-15-13-20(14-16-21)26(30)34-18-25(29)28-17-7-9-19-8-3-4-10-22(19)28/h3-6,8,10-16H,7,9,17-18H2,1-2H3. The highest BCUT2D eigenvalue weighted by molar-refractivity contribution is 7.92. The number of fused-ring (bicyclic) bond motifs is 1. The number of amides is 1. The smallest absolute Gasteiger partial charge is 0.338 e. The lowest BCUT2D eigenvalue weighted by atomic mass is 10.0. The van der Waals surface area contributed by atoms with Crippen LogP contribution in [0.3, 0.4) is 0 Å². The van der Waals surface area contributed by atoms with E-state index >= 15 is 0 Å². The van der Waals surface area contributed by atoms with Gasteiger partial charge >= 0.3 is 5.97 Å². The monoisotopic (exact) mass is 494 g/mol. The lowest BCUT2D eigenvalue weighted by Gasteiger charge is -2.29. The number of carbonyl (C=O) groups is 2. The Kier molecular flexibility index (Phi) is 7.07. The first kappa shape index (κ1) is 24.3. The molecule has 0 radical (unpaired) electrons. The fourth-order valence-electron chi connectivity index (χ4n) is 4.02. The third kappa shape index (κ3) is 5.00. The SMILES string of the molecule is COc1ccccc1N(C)S(=O)(=O)c1ccc(C(=O)OCC(=O)N2CCCc3ccccc32)cc1. The molecule has 1 aliphatic heterocycles. The molecular formula is C26H26N2O6S. The lowest BCUT2D eigenvalue weighted by Crippen LogP contribution is -2.38. The van der Waals surface area contributed by atoms with Gasteiger partial charge in [-0.2, -0.15) is 0 Å². The molecule has 0 saturated carbocycles. The van der Waals surface area contributed by atoms with Gasteiger partial charge in [0.05, 0.1) is 23.3 Å². The lowest BCUT2D eigenvalue weighted by molar-refractivity contribution is -0.121. The largest absolute Gasteiger partial charge is 0.495 e. The zero-order chi connectivity index (χ0) is 25.0. The topological polar surface area (TPSA) is 93.2 Å². The van der Waals surface area contributed by atoms with Gasteiger partial charge in [0.2, 0.25) is 0 Å². The summed E-state index contributed by atoms with van der Waals surface area (Å²) in [6, 6.07) is 19.9. The van der Waals surface area contributed by atoms with Crippen molar-refractivity contribution in [1.82, 2.24) is 0 Å². The van der Waals surface area contributed by atoms with Crippen LogP contribution in [-0.2, 0) is 26.0 Å². The number of anilines is 2. The van der Waals surface area contributed by atoms with Gasteiger partial charge in [-0.1, -0.05) is 30.3 Å². The van der Waals surface area contributed by atoms with Crippen LogP contribution in [0.1, 0.15) is 22.3 Å². The van der Waals surface area contributed by atoms with E-state index < -0.39 is 22.6 Å². The summed E-state index contributed by atoms with van der Waals surface area (Å²) in [5.74, 6) is -0.589. The minimum absolute atomic E-state index is 0.00320. The van der Waals surface area contributed by atoms with E-state index in [0.717, 1.165) is 28.4 Å². The van der Waals surface area contributed by atoms with Gasteiger partial charge in [-0.05, 0) is 60.9 Å². The molecule has 1 heterocycles. The fraction of sp³-hybridized carbons (Fsp3) is 0.231. The number of rotatable bonds is 7. The highest BCUT2D eigenvalue weighted by atomic mass is 32.2. The summed E-state index contributed by atoms with van der Waals surface area (Å²) in [6.07, 6.45) is 1.75. The van der Waals surface area contributed by atoms with Gasteiger partial charge in [0.25, 0.3) is 15.9 Å². The van der Waals surface area contributed by atoms with Crippen LogP contribution < -0.4 is 13.9 Å². The van der Waals surface area contributed by atoms with E-state index in [2.05, 4.69) is 0 Å². The molecule has 0 spiro atoms. The van der Waals surface area contributed by atoms with Gasteiger partial charge in [0.15, 0.2) is 6.61 Å². The Morgan fingerprint density at radius 2 is 1.66 bits per heavy atom. The first-order chi connectivity index (χ1) is 16.8. The number of ether oxygens (including phenoxy) is 2. The highest BCUT2D eigenvalue weighted by Gasteiger charge is 2.25. The number of methoxy groups -OCH3 is 1. The van der Waals surface area contributed by atoms with E-state index in [1.54, 1.807) is 29.2 Å². The third-order valence-corrected chi connectivity index (χ3v) is 7.70. The molecule has 0 aromatic heterocycles. The van der Waals surface area contributed by atoms with E-state index in [4.69, 9.17) is 9.47 Å². The van der Waals surface area contributed by atoms with E-state index in [-0.39, 0.29) is 16.4 Å². The van der Waals surface area contributed by atoms with Crippen LogP contribution in [0, 0.1) is 0 Å². The van der Waals surface area contributed by atoms with Crippen LogP contribution in [0.25, 0.3) is 0 Å². The summed E-state index contributed by atoms with van der Waals surface area (Å²) in [4.78, 5) is 26.8. The van der Waals surface area contributed by atoms with Crippen LogP contribution in [0.5, 0.6) is 5.75 Å². The van der Waals surface area contributed by atoms with Crippen LogP contribution in [-0.4, -0.2) is 47.6 Å². The van der Waals surface area contributed by atoms with Gasteiger partial charge in [0.1, 0.15) is 5.75 Å². The van der Waals surface area contributed by atoms with E-state index in [0.29, 0.717) is 18.0 Å². The predicted octanol–water partition coefficient (Wildman–Crippen LogP) is 3.66. The van der Waals surface area contributed by atoms with Gasteiger partial charge in [-0.3, -0.25) is 9.10 Å². The molecule has 0 bridgehead atoms. The van der Waals surface area contributed by atoms with Crippen molar-refractivity contribution < 1.29 is 27.5 Å².